The molecule has 2 heterocycles. The molecule has 6 aromatic rings. The molecule has 0 amide bonds. The predicted octanol–water partition coefficient (Wildman–Crippen LogP) is 2.64. The highest BCUT2D eigenvalue weighted by atomic mass is 16.6. The number of nitro benzene ring substituents is 2. The molecule has 0 unspecified atom stereocenters. The van der Waals surface area contributed by atoms with E-state index < -0.39 is 70.9 Å². The lowest BCUT2D eigenvalue weighted by atomic mass is 9.94. The molecule has 0 aliphatic heterocycles. The van der Waals surface area contributed by atoms with Crippen LogP contribution >= 0.6 is 0 Å². The number of hydrogen-bond acceptors (Lipinski definition) is 10. The monoisotopic (exact) mass is 606 g/mol. The number of carbonyl (C=O) groups excluding carboxylic acids is 1. The Labute approximate surface area is 247 Å². The van der Waals surface area contributed by atoms with E-state index in [1.807, 2.05) is 0 Å². The highest BCUT2D eigenvalue weighted by Gasteiger charge is 2.30. The highest BCUT2D eigenvalue weighted by molar-refractivity contribution is 6.24. The van der Waals surface area contributed by atoms with Crippen molar-refractivity contribution >= 4 is 44.7 Å². The summed E-state index contributed by atoms with van der Waals surface area (Å²) in [4.78, 5) is 101. The van der Waals surface area contributed by atoms with Gasteiger partial charge >= 0.3 is 5.97 Å². The van der Waals surface area contributed by atoms with Gasteiger partial charge in [0.15, 0.2) is 5.78 Å². The van der Waals surface area contributed by atoms with Gasteiger partial charge in [0.05, 0.1) is 48.3 Å². The molecule has 15 nitrogen and oxygen atoms in total. The Morgan fingerprint density at radius 1 is 0.578 bits per heavy atom. The quantitative estimate of drug-likeness (QED) is 0.158. The van der Waals surface area contributed by atoms with Crippen molar-refractivity contribution in [1.29, 1.82) is 0 Å². The number of aromatic carboxylic acids is 1. The number of hydrogen-bond donors (Lipinski definition) is 1. The van der Waals surface area contributed by atoms with Gasteiger partial charge in [0, 0.05) is 35.4 Å². The summed E-state index contributed by atoms with van der Waals surface area (Å²) >= 11 is 0. The van der Waals surface area contributed by atoms with Gasteiger partial charge in [-0.3, -0.25) is 44.2 Å². The summed E-state index contributed by atoms with van der Waals surface area (Å²) in [5.41, 5.74) is -5.78. The fourth-order valence-corrected chi connectivity index (χ4v) is 5.17. The van der Waals surface area contributed by atoms with Crippen molar-refractivity contribution in [3.63, 3.8) is 0 Å². The maximum atomic E-state index is 14.0. The van der Waals surface area contributed by atoms with Crippen molar-refractivity contribution in [3.8, 4) is 11.4 Å². The second kappa shape index (κ2) is 10.1. The second-order valence-corrected chi connectivity index (χ2v) is 9.75. The van der Waals surface area contributed by atoms with Crippen LogP contribution in [-0.4, -0.2) is 35.8 Å². The minimum absolute atomic E-state index is 0.0821. The van der Waals surface area contributed by atoms with E-state index in [9.17, 15) is 54.1 Å². The summed E-state index contributed by atoms with van der Waals surface area (Å²) in [7, 11) is 0. The van der Waals surface area contributed by atoms with Crippen LogP contribution in [-0.2, 0) is 0 Å². The molecule has 0 fully saturated rings. The third-order valence-electron chi connectivity index (χ3n) is 7.29. The molecule has 0 radical (unpaired) electrons. The van der Waals surface area contributed by atoms with Crippen molar-refractivity contribution in [2.75, 3.05) is 0 Å². The van der Waals surface area contributed by atoms with E-state index in [-0.39, 0.29) is 33.9 Å². The van der Waals surface area contributed by atoms with Crippen molar-refractivity contribution < 1.29 is 24.5 Å². The van der Waals surface area contributed by atoms with Crippen molar-refractivity contribution in [3.05, 3.63) is 157 Å². The summed E-state index contributed by atoms with van der Waals surface area (Å²) in [6.45, 7) is 0. The average Bonchev–Trinajstić information content (AvgIpc) is 3.43. The number of carboxylic acids is 1. The molecule has 0 spiro atoms. The van der Waals surface area contributed by atoms with E-state index in [0.29, 0.717) is 9.13 Å². The summed E-state index contributed by atoms with van der Waals surface area (Å²) in [5.74, 6) is -2.26. The summed E-state index contributed by atoms with van der Waals surface area (Å²) < 4.78 is 1.30. The van der Waals surface area contributed by atoms with Crippen molar-refractivity contribution in [2.45, 2.75) is 0 Å². The fraction of sp³-hybridized carbons (Fsp3) is 0. The van der Waals surface area contributed by atoms with E-state index in [2.05, 4.69) is 0 Å². The number of carbonyl (C=O) groups is 2. The van der Waals surface area contributed by atoms with Crippen LogP contribution in [0.25, 0.3) is 32.9 Å². The van der Waals surface area contributed by atoms with E-state index in [4.69, 9.17) is 0 Å². The molecule has 15 heteroatoms. The van der Waals surface area contributed by atoms with Crippen molar-refractivity contribution in [2.24, 2.45) is 0 Å². The Morgan fingerprint density at radius 3 is 1.31 bits per heavy atom. The topological polar surface area (TPSA) is 219 Å². The number of aromatic nitrogens is 2. The molecule has 0 bridgehead atoms. The molecule has 0 aliphatic carbocycles. The van der Waals surface area contributed by atoms with Crippen molar-refractivity contribution in [1.82, 2.24) is 9.13 Å². The van der Waals surface area contributed by atoms with Gasteiger partial charge in [-0.05, 0) is 42.5 Å². The number of benzene rings is 4. The fourth-order valence-electron chi connectivity index (χ4n) is 5.17. The zero-order valence-electron chi connectivity index (χ0n) is 22.3. The van der Waals surface area contributed by atoms with Gasteiger partial charge in [-0.15, -0.1) is 0 Å². The summed E-state index contributed by atoms with van der Waals surface area (Å²) in [6.07, 6.45) is 0. The number of carboxylic acid groups (broad SMARTS) is 1. The Hall–Kier alpha value is -6.90. The Bertz CT molecular complexity index is 2350. The molecule has 4 aromatic carbocycles. The summed E-state index contributed by atoms with van der Waals surface area (Å²) in [5, 5.41) is 29.6. The first-order valence-electron chi connectivity index (χ1n) is 12.8. The molecule has 0 saturated heterocycles. The van der Waals surface area contributed by atoms with Gasteiger partial charge in [0.1, 0.15) is 0 Å². The first kappa shape index (κ1) is 28.2. The van der Waals surface area contributed by atoms with Crippen LogP contribution in [0.2, 0.25) is 0 Å². The van der Waals surface area contributed by atoms with Crippen LogP contribution in [0.3, 0.4) is 0 Å². The molecule has 6 rings (SSSR count). The maximum absolute atomic E-state index is 14.0. The number of nitro groups is 2. The number of non-ortho nitro benzene ring substituents is 2. The molecule has 1 N–H and O–H groups in total. The second-order valence-electron chi connectivity index (χ2n) is 9.75. The SMILES string of the molecule is O=C(O)c1ccc(C(=O)c2c3c(=O)n(-c4ccc([N+](=O)[O-])cc4)c(=O)c3cc3c(=O)n(-c4ccc([N+](=O)[O-])cc4)c(=O)c23)cc1. The molecule has 0 aliphatic rings. The van der Waals surface area contributed by atoms with Crippen LogP contribution in [0, 0.1) is 20.2 Å². The Kier molecular flexibility index (Phi) is 6.35. The Balaban J connectivity index is 1.70. The van der Waals surface area contributed by atoms with Gasteiger partial charge in [0.2, 0.25) is 0 Å². The van der Waals surface area contributed by atoms with Gasteiger partial charge in [0.25, 0.3) is 33.6 Å². The van der Waals surface area contributed by atoms with Crippen LogP contribution < -0.4 is 22.2 Å². The van der Waals surface area contributed by atoms with E-state index in [0.717, 1.165) is 78.9 Å². The van der Waals surface area contributed by atoms with Crippen LogP contribution in [0.15, 0.2) is 98.0 Å². The number of nitrogens with zero attached hydrogens (tertiary/aromatic N) is 4. The standard InChI is InChI=1S/C30H14N4O11/c35-25(14-1-3-15(4-2-14)30(40)41)24-22-20(26(36)31(28(22)38)16-5-9-18(10-6-16)33(42)43)13-21-23(24)29(39)32(27(21)37)17-7-11-19(12-8-17)34(44)45/h1-13H,(H,40,41). The lowest BCUT2D eigenvalue weighted by molar-refractivity contribution is -0.385. The molecule has 220 valence electrons. The zero-order valence-corrected chi connectivity index (χ0v) is 22.3. The molecule has 0 saturated carbocycles. The van der Waals surface area contributed by atoms with Gasteiger partial charge in [-0.2, -0.15) is 0 Å². The molecule has 45 heavy (non-hydrogen) atoms. The third-order valence-corrected chi connectivity index (χ3v) is 7.29. The van der Waals surface area contributed by atoms with E-state index >= 15 is 0 Å². The largest absolute Gasteiger partial charge is 0.478 e. The minimum atomic E-state index is -1.28. The lowest BCUT2D eigenvalue weighted by Crippen LogP contribution is -2.24. The predicted molar refractivity (Wildman–Crippen MR) is 158 cm³/mol. The smallest absolute Gasteiger partial charge is 0.335 e. The van der Waals surface area contributed by atoms with E-state index in [1.54, 1.807) is 0 Å². The first-order chi connectivity index (χ1) is 21.4. The first-order valence-corrected chi connectivity index (χ1v) is 12.8. The minimum Gasteiger partial charge on any atom is -0.478 e. The lowest BCUT2D eigenvalue weighted by Gasteiger charge is -2.05. The number of fused-ring (bicyclic) bond motifs is 2. The van der Waals surface area contributed by atoms with Gasteiger partial charge in [-0.25, -0.2) is 13.9 Å². The number of ketones is 1. The van der Waals surface area contributed by atoms with Crippen LogP contribution in [0.1, 0.15) is 26.3 Å². The summed E-state index contributed by atoms with van der Waals surface area (Å²) in [6, 6.07) is 14.3. The zero-order chi connectivity index (χ0) is 32.3. The third kappa shape index (κ3) is 4.30. The van der Waals surface area contributed by atoms with Crippen LogP contribution in [0.5, 0.6) is 0 Å². The molecular formula is C30H14N4O11. The molecule has 2 aromatic heterocycles. The van der Waals surface area contributed by atoms with E-state index in [1.165, 1.54) is 0 Å². The highest BCUT2D eigenvalue weighted by Crippen LogP contribution is 2.27. The Morgan fingerprint density at radius 2 is 0.956 bits per heavy atom. The average molecular weight is 606 g/mol. The number of rotatable bonds is 7. The maximum Gasteiger partial charge on any atom is 0.335 e. The molecular weight excluding hydrogens is 592 g/mol. The van der Waals surface area contributed by atoms with Gasteiger partial charge < -0.3 is 5.11 Å². The van der Waals surface area contributed by atoms with Crippen LogP contribution in [0.4, 0.5) is 11.4 Å². The molecule has 0 atom stereocenters. The van der Waals surface area contributed by atoms with Gasteiger partial charge in [-0.1, -0.05) is 12.1 Å². The normalized spacial score (nSPS) is 11.2.